The maximum Gasteiger partial charge on any atom is 0.266 e. The molecule has 0 bridgehead atoms. The number of carbonyl (C=O) groups excluding carboxylic acids is 1. The molecule has 39 heavy (non-hydrogen) atoms. The maximum absolute atomic E-state index is 12.9. The first-order chi connectivity index (χ1) is 18.8. The largest absolute Gasteiger partial charge is 0.341 e. The highest BCUT2D eigenvalue weighted by Gasteiger charge is 2.17. The van der Waals surface area contributed by atoms with E-state index in [0.29, 0.717) is 11.4 Å². The first-order valence-corrected chi connectivity index (χ1v) is 13.6. The minimum atomic E-state index is -3.92. The highest BCUT2D eigenvalue weighted by atomic mass is 32.2. The Morgan fingerprint density at radius 1 is 1.03 bits per heavy atom. The van der Waals surface area contributed by atoms with E-state index in [0.717, 1.165) is 33.9 Å². The van der Waals surface area contributed by atoms with Crippen molar-refractivity contribution in [1.82, 2.24) is 14.5 Å². The van der Waals surface area contributed by atoms with Gasteiger partial charge in [0.2, 0.25) is 5.95 Å². The molecule has 0 fully saturated rings. The lowest BCUT2D eigenvalue weighted by Gasteiger charge is -2.09. The van der Waals surface area contributed by atoms with Crippen molar-refractivity contribution < 1.29 is 13.2 Å². The fourth-order valence-electron chi connectivity index (χ4n) is 4.41. The average molecular weight is 537 g/mol. The number of amides is 1. The van der Waals surface area contributed by atoms with E-state index in [1.165, 1.54) is 36.5 Å². The van der Waals surface area contributed by atoms with E-state index in [1.54, 1.807) is 13.0 Å². The summed E-state index contributed by atoms with van der Waals surface area (Å²) in [7, 11) is -3.92. The third-order valence-corrected chi connectivity index (χ3v) is 7.58. The maximum atomic E-state index is 12.9. The molecule has 2 N–H and O–H groups in total. The van der Waals surface area contributed by atoms with Crippen LogP contribution in [0, 0.1) is 18.3 Å². The SMILES string of the molecule is CCn1c2ccccc2c2cc(C=C(C#N)C(=O)Nc3ccc(S(=O)(=O)Nc4nccc(C)n4)cc3)ccc21. The van der Waals surface area contributed by atoms with Crippen LogP contribution in [0.15, 0.2) is 89.5 Å². The van der Waals surface area contributed by atoms with E-state index in [9.17, 15) is 18.5 Å². The smallest absolute Gasteiger partial charge is 0.266 e. The fourth-order valence-corrected chi connectivity index (χ4v) is 5.36. The van der Waals surface area contributed by atoms with Gasteiger partial charge >= 0.3 is 0 Å². The van der Waals surface area contributed by atoms with Crippen molar-refractivity contribution >= 4 is 55.4 Å². The molecule has 0 aliphatic rings. The lowest BCUT2D eigenvalue weighted by molar-refractivity contribution is -0.112. The van der Waals surface area contributed by atoms with Gasteiger partial charge in [0.15, 0.2) is 0 Å². The number of fused-ring (bicyclic) bond motifs is 3. The summed E-state index contributed by atoms with van der Waals surface area (Å²) < 4.78 is 29.9. The van der Waals surface area contributed by atoms with Crippen molar-refractivity contribution in [3.63, 3.8) is 0 Å². The van der Waals surface area contributed by atoms with Crippen LogP contribution in [-0.4, -0.2) is 28.9 Å². The van der Waals surface area contributed by atoms with Crippen LogP contribution in [0.1, 0.15) is 18.2 Å². The molecule has 0 saturated heterocycles. The van der Waals surface area contributed by atoms with Crippen molar-refractivity contribution in [2.45, 2.75) is 25.3 Å². The molecule has 194 valence electrons. The number of anilines is 2. The first-order valence-electron chi connectivity index (χ1n) is 12.2. The van der Waals surface area contributed by atoms with E-state index >= 15 is 0 Å². The summed E-state index contributed by atoms with van der Waals surface area (Å²) in [6, 6.07) is 23.2. The minimum absolute atomic E-state index is 0.0267. The molecule has 10 heteroatoms. The second-order valence-corrected chi connectivity index (χ2v) is 10.5. The van der Waals surface area contributed by atoms with E-state index in [2.05, 4.69) is 43.6 Å². The molecular weight excluding hydrogens is 512 g/mol. The molecule has 2 aromatic heterocycles. The Morgan fingerprint density at radius 2 is 1.77 bits per heavy atom. The quantitative estimate of drug-likeness (QED) is 0.216. The van der Waals surface area contributed by atoms with Crippen molar-refractivity contribution in [3.8, 4) is 6.07 Å². The fraction of sp³-hybridized carbons (Fsp3) is 0.103. The van der Waals surface area contributed by atoms with Gasteiger partial charge in [-0.05, 0) is 74.0 Å². The van der Waals surface area contributed by atoms with Gasteiger partial charge in [0, 0.05) is 45.9 Å². The Bertz CT molecular complexity index is 1900. The van der Waals surface area contributed by atoms with Gasteiger partial charge in [-0.2, -0.15) is 5.26 Å². The van der Waals surface area contributed by atoms with Crippen molar-refractivity contribution in [1.29, 1.82) is 5.26 Å². The zero-order chi connectivity index (χ0) is 27.6. The van der Waals surface area contributed by atoms with E-state index in [4.69, 9.17) is 0 Å². The van der Waals surface area contributed by atoms with Crippen LogP contribution in [0.5, 0.6) is 0 Å². The predicted octanol–water partition coefficient (Wildman–Crippen LogP) is 5.26. The molecule has 0 aliphatic heterocycles. The van der Waals surface area contributed by atoms with Crippen LogP contribution in [0.2, 0.25) is 0 Å². The summed E-state index contributed by atoms with van der Waals surface area (Å²) in [6.07, 6.45) is 3.00. The number of hydrogen-bond donors (Lipinski definition) is 2. The standard InChI is InChI=1S/C29H24N6O3S/c1-3-35-26-7-5-4-6-24(26)25-17-20(8-13-27(25)35)16-21(18-30)28(36)33-22-9-11-23(12-10-22)39(37,38)34-29-31-15-14-19(2)32-29/h4-17H,3H2,1-2H3,(H,33,36)(H,31,32,34). The molecule has 2 heterocycles. The molecule has 9 nitrogen and oxygen atoms in total. The van der Waals surface area contributed by atoms with Crippen molar-refractivity contribution in [2.75, 3.05) is 10.0 Å². The van der Waals surface area contributed by atoms with Crippen LogP contribution >= 0.6 is 0 Å². The molecular formula is C29H24N6O3S. The lowest BCUT2D eigenvalue weighted by atomic mass is 10.1. The van der Waals surface area contributed by atoms with E-state index < -0.39 is 15.9 Å². The number of para-hydroxylation sites is 1. The van der Waals surface area contributed by atoms with E-state index in [1.807, 2.05) is 36.4 Å². The van der Waals surface area contributed by atoms with Crippen LogP contribution < -0.4 is 10.0 Å². The normalized spacial score (nSPS) is 11.9. The number of benzene rings is 3. The average Bonchev–Trinajstić information content (AvgIpc) is 3.24. The monoisotopic (exact) mass is 536 g/mol. The number of aryl methyl sites for hydroxylation is 2. The third-order valence-electron chi connectivity index (χ3n) is 6.23. The summed E-state index contributed by atoms with van der Waals surface area (Å²) in [5, 5.41) is 14.5. The summed E-state index contributed by atoms with van der Waals surface area (Å²) in [4.78, 5) is 20.8. The highest BCUT2D eigenvalue weighted by molar-refractivity contribution is 7.92. The Hall–Kier alpha value is -5.01. The van der Waals surface area contributed by atoms with Gasteiger partial charge in [-0.1, -0.05) is 24.3 Å². The molecule has 5 rings (SSSR count). The van der Waals surface area contributed by atoms with Crippen LogP contribution in [0.25, 0.3) is 27.9 Å². The predicted molar refractivity (Wildman–Crippen MR) is 151 cm³/mol. The van der Waals surface area contributed by atoms with Crippen molar-refractivity contribution in [2.24, 2.45) is 0 Å². The molecule has 0 spiro atoms. The zero-order valence-corrected chi connectivity index (χ0v) is 22.0. The Morgan fingerprint density at radius 3 is 2.49 bits per heavy atom. The summed E-state index contributed by atoms with van der Waals surface area (Å²) in [5.74, 6) is -0.635. The molecule has 0 atom stereocenters. The summed E-state index contributed by atoms with van der Waals surface area (Å²) in [5.41, 5.74) is 3.81. The Labute approximate surface area is 225 Å². The molecule has 0 radical (unpaired) electrons. The Kier molecular flexibility index (Phi) is 6.83. The summed E-state index contributed by atoms with van der Waals surface area (Å²) >= 11 is 0. The number of carbonyl (C=O) groups is 1. The number of nitrogens with zero attached hydrogens (tertiary/aromatic N) is 4. The lowest BCUT2D eigenvalue weighted by Crippen LogP contribution is -2.16. The van der Waals surface area contributed by atoms with E-state index in [-0.39, 0.29) is 16.4 Å². The zero-order valence-electron chi connectivity index (χ0n) is 21.2. The second kappa shape index (κ2) is 10.4. The van der Waals surface area contributed by atoms with Gasteiger partial charge in [-0.15, -0.1) is 0 Å². The van der Waals surface area contributed by atoms with Gasteiger partial charge in [0.05, 0.1) is 4.90 Å². The second-order valence-electron chi connectivity index (χ2n) is 8.81. The van der Waals surface area contributed by atoms with Gasteiger partial charge in [-0.25, -0.2) is 23.1 Å². The number of rotatable bonds is 7. The molecule has 0 unspecified atom stereocenters. The van der Waals surface area contributed by atoms with Gasteiger partial charge in [-0.3, -0.25) is 4.79 Å². The van der Waals surface area contributed by atoms with Gasteiger partial charge in [0.1, 0.15) is 11.6 Å². The summed E-state index contributed by atoms with van der Waals surface area (Å²) in [6.45, 7) is 4.64. The topological polar surface area (TPSA) is 130 Å². The molecule has 0 aliphatic carbocycles. The highest BCUT2D eigenvalue weighted by Crippen LogP contribution is 2.30. The van der Waals surface area contributed by atoms with Crippen molar-refractivity contribution in [3.05, 3.63) is 95.8 Å². The minimum Gasteiger partial charge on any atom is -0.341 e. The van der Waals surface area contributed by atoms with Gasteiger partial charge in [0.25, 0.3) is 15.9 Å². The number of aromatic nitrogens is 3. The van der Waals surface area contributed by atoms with Crippen LogP contribution in [-0.2, 0) is 21.4 Å². The molecule has 3 aromatic carbocycles. The first kappa shape index (κ1) is 25.6. The third kappa shape index (κ3) is 5.21. The molecule has 1 amide bonds. The van der Waals surface area contributed by atoms with Gasteiger partial charge < -0.3 is 9.88 Å². The number of nitrogens with one attached hydrogen (secondary N) is 2. The van der Waals surface area contributed by atoms with Crippen LogP contribution in [0.3, 0.4) is 0 Å². The molecule has 0 saturated carbocycles. The molecule has 5 aromatic rings. The number of sulfonamides is 1. The number of hydrogen-bond acceptors (Lipinski definition) is 6. The van der Waals surface area contributed by atoms with Crippen LogP contribution in [0.4, 0.5) is 11.6 Å². The number of nitriles is 1. The Balaban J connectivity index is 1.36.